The first-order chi connectivity index (χ1) is 5.27. The smallest absolute Gasteiger partial charge is 0.291 e. The third kappa shape index (κ3) is 0.874. The molecule has 0 saturated carbocycles. The minimum absolute atomic E-state index is 0.351. The van der Waals surface area contributed by atoms with Crippen molar-refractivity contribution in [3.8, 4) is 0 Å². The molecule has 0 aromatic carbocycles. The van der Waals surface area contributed by atoms with Gasteiger partial charge in [0.2, 0.25) is 0 Å². The molecule has 0 fully saturated rings. The molecule has 0 unspecified atom stereocenters. The summed E-state index contributed by atoms with van der Waals surface area (Å²) in [5, 5.41) is 0. The third-order valence-electron chi connectivity index (χ3n) is 1.23. The highest BCUT2D eigenvalue weighted by molar-refractivity contribution is 7.16. The molecule has 0 atom stereocenters. The maximum absolute atomic E-state index is 11.0. The summed E-state index contributed by atoms with van der Waals surface area (Å²) in [6.45, 7) is 0. The average molecular weight is 169 g/mol. The number of H-pyrrole nitrogens is 2. The van der Waals surface area contributed by atoms with Gasteiger partial charge in [0.1, 0.15) is 4.70 Å². The lowest BCUT2D eigenvalue weighted by molar-refractivity contribution is 1.07. The first-order valence-corrected chi connectivity index (χ1v) is 3.71. The lowest BCUT2D eigenvalue weighted by atomic mass is 10.6. The van der Waals surface area contributed by atoms with E-state index in [1.165, 1.54) is 16.8 Å². The lowest BCUT2D eigenvalue weighted by Gasteiger charge is -1.82. The Bertz CT molecular complexity index is 494. The van der Waals surface area contributed by atoms with Gasteiger partial charge in [-0.15, -0.1) is 11.3 Å². The van der Waals surface area contributed by atoms with E-state index >= 15 is 0 Å². The van der Waals surface area contributed by atoms with Crippen LogP contribution in [0, 0.1) is 0 Å². The molecule has 0 spiro atoms. The average Bonchev–Trinajstić information content (AvgIpc) is 2.34. The van der Waals surface area contributed by atoms with Crippen LogP contribution in [0.2, 0.25) is 0 Å². The van der Waals surface area contributed by atoms with Crippen molar-refractivity contribution in [2.45, 2.75) is 0 Å². The summed E-state index contributed by atoms with van der Waals surface area (Å²) in [5.41, 5.74) is 0.957. The van der Waals surface area contributed by atoms with Crippen molar-refractivity contribution in [2.24, 2.45) is 0 Å². The van der Waals surface area contributed by atoms with Crippen LogP contribution in [-0.2, 0) is 0 Å². The summed E-state index contributed by atoms with van der Waals surface area (Å²) in [7, 11) is 0. The van der Waals surface area contributed by atoms with Gasteiger partial charge in [0.25, 0.3) is 5.56 Å². The molecule has 0 amide bonds. The number of nitrogens with zero attached hydrogens (tertiary/aromatic N) is 1. The lowest BCUT2D eigenvalue weighted by Crippen LogP contribution is -2.20. The van der Waals surface area contributed by atoms with Crippen LogP contribution in [0.15, 0.2) is 15.1 Å². The molecule has 56 valence electrons. The van der Waals surface area contributed by atoms with Crippen LogP contribution in [0.5, 0.6) is 0 Å². The molecule has 0 radical (unpaired) electrons. The Morgan fingerprint density at radius 1 is 1.36 bits per heavy atom. The minimum atomic E-state index is -0.520. The summed E-state index contributed by atoms with van der Waals surface area (Å²) < 4.78 is 0.449. The van der Waals surface area contributed by atoms with Gasteiger partial charge in [-0.25, -0.2) is 9.78 Å². The van der Waals surface area contributed by atoms with E-state index in [1.807, 2.05) is 0 Å². The minimum Gasteiger partial charge on any atom is -0.291 e. The van der Waals surface area contributed by atoms with Crippen molar-refractivity contribution < 1.29 is 0 Å². The molecule has 6 heteroatoms. The van der Waals surface area contributed by atoms with Crippen LogP contribution in [0.25, 0.3) is 10.3 Å². The maximum Gasteiger partial charge on any atom is 0.327 e. The van der Waals surface area contributed by atoms with Gasteiger partial charge in [-0.2, -0.15) is 0 Å². The van der Waals surface area contributed by atoms with Gasteiger partial charge < -0.3 is 0 Å². The molecule has 0 aliphatic rings. The monoisotopic (exact) mass is 169 g/mol. The molecule has 11 heavy (non-hydrogen) atoms. The highest BCUT2D eigenvalue weighted by Crippen LogP contribution is 2.06. The molecule has 0 aliphatic carbocycles. The standard InChI is InChI=1S/C5H3N3O2S/c9-4-2-3(6-1-11-2)7-5(10)8-4/h1H,(H2,7,8,9,10). The Labute approximate surface area is 63.7 Å². The number of fused-ring (bicyclic) bond motifs is 1. The molecular weight excluding hydrogens is 166 g/mol. The van der Waals surface area contributed by atoms with Crippen LogP contribution < -0.4 is 11.2 Å². The van der Waals surface area contributed by atoms with Gasteiger partial charge in [0.05, 0.1) is 5.51 Å². The number of rotatable bonds is 0. The predicted octanol–water partition coefficient (Wildman–Crippen LogP) is -0.327. The van der Waals surface area contributed by atoms with Crippen molar-refractivity contribution in [2.75, 3.05) is 0 Å². The zero-order chi connectivity index (χ0) is 7.84. The van der Waals surface area contributed by atoms with E-state index in [0.717, 1.165) is 0 Å². The third-order valence-corrected chi connectivity index (χ3v) is 2.06. The fraction of sp³-hybridized carbons (Fsp3) is 0. The molecular formula is C5H3N3O2S. The van der Waals surface area contributed by atoms with Crippen LogP contribution >= 0.6 is 11.3 Å². The number of thiazole rings is 1. The summed E-state index contributed by atoms with van der Waals surface area (Å²) >= 11 is 1.20. The first kappa shape index (κ1) is 6.29. The second kappa shape index (κ2) is 2.03. The summed E-state index contributed by atoms with van der Waals surface area (Å²) in [6.07, 6.45) is 0. The van der Waals surface area contributed by atoms with Gasteiger partial charge >= 0.3 is 5.69 Å². The van der Waals surface area contributed by atoms with E-state index in [2.05, 4.69) is 15.0 Å². The fourth-order valence-corrected chi connectivity index (χ4v) is 1.43. The molecule has 5 nitrogen and oxygen atoms in total. The van der Waals surface area contributed by atoms with Gasteiger partial charge in [0, 0.05) is 0 Å². The van der Waals surface area contributed by atoms with Gasteiger partial charge in [0.15, 0.2) is 5.65 Å². The van der Waals surface area contributed by atoms with Crippen LogP contribution in [0.3, 0.4) is 0 Å². The van der Waals surface area contributed by atoms with Crippen molar-refractivity contribution in [3.63, 3.8) is 0 Å². The highest BCUT2D eigenvalue weighted by Gasteiger charge is 2.00. The number of hydrogen-bond donors (Lipinski definition) is 2. The molecule has 0 bridgehead atoms. The van der Waals surface area contributed by atoms with Crippen LogP contribution in [0.1, 0.15) is 0 Å². The van der Waals surface area contributed by atoms with Crippen molar-refractivity contribution in [1.29, 1.82) is 0 Å². The van der Waals surface area contributed by atoms with E-state index < -0.39 is 5.69 Å². The SMILES string of the molecule is O=c1[nH]c(=O)c2scnc2[nH]1. The number of aromatic amines is 2. The Morgan fingerprint density at radius 2 is 2.18 bits per heavy atom. The fourth-order valence-electron chi connectivity index (χ4n) is 0.795. The molecule has 2 N–H and O–H groups in total. The molecule has 2 heterocycles. The Kier molecular flexibility index (Phi) is 1.16. The number of nitrogens with one attached hydrogen (secondary N) is 2. The summed E-state index contributed by atoms with van der Waals surface area (Å²) in [5.74, 6) is 0. The molecule has 2 aromatic rings. The van der Waals surface area contributed by atoms with Gasteiger partial charge in [-0.3, -0.25) is 14.8 Å². The van der Waals surface area contributed by atoms with E-state index in [0.29, 0.717) is 10.3 Å². The topological polar surface area (TPSA) is 78.6 Å². The van der Waals surface area contributed by atoms with Crippen molar-refractivity contribution in [1.82, 2.24) is 15.0 Å². The van der Waals surface area contributed by atoms with E-state index in [1.54, 1.807) is 0 Å². The Balaban J connectivity index is 3.15. The zero-order valence-corrected chi connectivity index (χ0v) is 6.07. The molecule has 0 aliphatic heterocycles. The normalized spacial score (nSPS) is 10.5. The summed E-state index contributed by atoms with van der Waals surface area (Å²) in [6, 6.07) is 0. The van der Waals surface area contributed by atoms with Gasteiger partial charge in [-0.05, 0) is 0 Å². The van der Waals surface area contributed by atoms with Crippen molar-refractivity contribution in [3.05, 3.63) is 26.3 Å². The second-order valence-electron chi connectivity index (χ2n) is 1.94. The van der Waals surface area contributed by atoms with E-state index in [4.69, 9.17) is 0 Å². The Morgan fingerprint density at radius 3 is 3.00 bits per heavy atom. The largest absolute Gasteiger partial charge is 0.327 e. The van der Waals surface area contributed by atoms with Crippen molar-refractivity contribution >= 4 is 21.7 Å². The quantitative estimate of drug-likeness (QED) is 0.567. The van der Waals surface area contributed by atoms with Crippen LogP contribution in [0.4, 0.5) is 0 Å². The second-order valence-corrected chi connectivity index (χ2v) is 2.79. The highest BCUT2D eigenvalue weighted by atomic mass is 32.1. The van der Waals surface area contributed by atoms with E-state index in [-0.39, 0.29) is 5.56 Å². The van der Waals surface area contributed by atoms with Gasteiger partial charge in [-0.1, -0.05) is 0 Å². The maximum atomic E-state index is 11.0. The van der Waals surface area contributed by atoms with Crippen LogP contribution in [-0.4, -0.2) is 15.0 Å². The predicted molar refractivity (Wildman–Crippen MR) is 40.9 cm³/mol. The molecule has 2 rings (SSSR count). The molecule has 2 aromatic heterocycles. The summed E-state index contributed by atoms with van der Waals surface area (Å²) in [4.78, 5) is 29.9. The van der Waals surface area contributed by atoms with E-state index in [9.17, 15) is 9.59 Å². The zero-order valence-electron chi connectivity index (χ0n) is 5.25. The Hall–Kier alpha value is -1.43. The number of aromatic nitrogens is 3. The molecule has 0 saturated heterocycles. The number of hydrogen-bond acceptors (Lipinski definition) is 4. The first-order valence-electron chi connectivity index (χ1n) is 2.83.